The van der Waals surface area contributed by atoms with Crippen LogP contribution in [0.4, 0.5) is 0 Å². The second-order valence-electron chi connectivity index (χ2n) is 4.38. The standard InChI is InChI=1S/C13H16BrNO3/c1-8(2)12(16)15-11(13(17)18)7-9-3-5-10(14)6-4-9/h3-6,8,11H,7H2,1-2H3,(H,15,16)(H,17,18)/t11-/m1/s1. The van der Waals surface area contributed by atoms with Gasteiger partial charge in [0.05, 0.1) is 0 Å². The number of carboxylic acid groups (broad SMARTS) is 1. The quantitative estimate of drug-likeness (QED) is 0.876. The maximum atomic E-state index is 11.5. The monoisotopic (exact) mass is 313 g/mol. The molecule has 4 nitrogen and oxygen atoms in total. The molecule has 2 N–H and O–H groups in total. The molecule has 1 aromatic carbocycles. The topological polar surface area (TPSA) is 66.4 Å². The highest BCUT2D eigenvalue weighted by molar-refractivity contribution is 9.10. The molecule has 0 aromatic heterocycles. The number of aliphatic carboxylic acids is 1. The van der Waals surface area contributed by atoms with Gasteiger partial charge in [-0.3, -0.25) is 4.79 Å². The summed E-state index contributed by atoms with van der Waals surface area (Å²) in [6, 6.07) is 6.47. The zero-order valence-electron chi connectivity index (χ0n) is 10.3. The SMILES string of the molecule is CC(C)C(=O)N[C@H](Cc1ccc(Br)cc1)C(=O)O. The fraction of sp³-hybridized carbons (Fsp3) is 0.385. The molecule has 0 aliphatic heterocycles. The van der Waals surface area contributed by atoms with Crippen molar-refractivity contribution in [3.63, 3.8) is 0 Å². The van der Waals surface area contributed by atoms with Crippen LogP contribution in [-0.2, 0) is 16.0 Å². The Bertz CT molecular complexity index is 428. The van der Waals surface area contributed by atoms with Crippen molar-refractivity contribution in [2.45, 2.75) is 26.3 Å². The molecule has 18 heavy (non-hydrogen) atoms. The van der Waals surface area contributed by atoms with Crippen LogP contribution in [0, 0.1) is 5.92 Å². The summed E-state index contributed by atoms with van der Waals surface area (Å²) in [5.41, 5.74) is 0.870. The molecule has 0 heterocycles. The molecule has 0 aliphatic rings. The highest BCUT2D eigenvalue weighted by atomic mass is 79.9. The molecule has 0 saturated heterocycles. The van der Waals surface area contributed by atoms with E-state index in [1.54, 1.807) is 13.8 Å². The first-order chi connectivity index (χ1) is 8.40. The minimum absolute atomic E-state index is 0.225. The summed E-state index contributed by atoms with van der Waals surface area (Å²) in [5.74, 6) is -1.50. The lowest BCUT2D eigenvalue weighted by Gasteiger charge is -2.16. The van der Waals surface area contributed by atoms with Crippen LogP contribution < -0.4 is 5.32 Å². The van der Waals surface area contributed by atoms with Gasteiger partial charge in [0.15, 0.2) is 0 Å². The maximum Gasteiger partial charge on any atom is 0.326 e. The van der Waals surface area contributed by atoms with E-state index in [0.29, 0.717) is 0 Å². The molecule has 0 saturated carbocycles. The zero-order valence-corrected chi connectivity index (χ0v) is 11.9. The Morgan fingerprint density at radius 3 is 2.28 bits per heavy atom. The first kappa shape index (κ1) is 14.7. The number of carbonyl (C=O) groups excluding carboxylic acids is 1. The van der Waals surface area contributed by atoms with Crippen molar-refractivity contribution >= 4 is 27.8 Å². The Balaban J connectivity index is 2.72. The van der Waals surface area contributed by atoms with Gasteiger partial charge in [0.25, 0.3) is 0 Å². The van der Waals surface area contributed by atoms with E-state index in [1.165, 1.54) is 0 Å². The summed E-state index contributed by atoms with van der Waals surface area (Å²) < 4.78 is 0.935. The smallest absolute Gasteiger partial charge is 0.326 e. The van der Waals surface area contributed by atoms with Crippen molar-refractivity contribution in [1.29, 1.82) is 0 Å². The minimum atomic E-state index is -1.02. The molecule has 0 spiro atoms. The van der Waals surface area contributed by atoms with Gasteiger partial charge in [-0.05, 0) is 17.7 Å². The summed E-state index contributed by atoms with van der Waals surface area (Å²) in [4.78, 5) is 22.6. The van der Waals surface area contributed by atoms with Crippen molar-refractivity contribution in [2.24, 2.45) is 5.92 Å². The Kier molecular flexibility index (Phi) is 5.34. The van der Waals surface area contributed by atoms with Crippen molar-refractivity contribution in [2.75, 3.05) is 0 Å². The number of halogens is 1. The average molecular weight is 314 g/mol. The fourth-order valence-corrected chi connectivity index (χ4v) is 1.66. The molecular weight excluding hydrogens is 298 g/mol. The third-order valence-electron chi connectivity index (χ3n) is 2.49. The van der Waals surface area contributed by atoms with E-state index < -0.39 is 12.0 Å². The molecular formula is C13H16BrNO3. The molecule has 1 aromatic rings. The van der Waals surface area contributed by atoms with Gasteiger partial charge in [-0.15, -0.1) is 0 Å². The van der Waals surface area contributed by atoms with Gasteiger partial charge in [-0.25, -0.2) is 4.79 Å². The van der Waals surface area contributed by atoms with Crippen molar-refractivity contribution < 1.29 is 14.7 Å². The number of carbonyl (C=O) groups is 2. The molecule has 0 fully saturated rings. The van der Waals surface area contributed by atoms with Crippen molar-refractivity contribution in [3.8, 4) is 0 Å². The number of amides is 1. The van der Waals surface area contributed by atoms with Crippen molar-refractivity contribution in [1.82, 2.24) is 5.32 Å². The Morgan fingerprint density at radius 2 is 1.83 bits per heavy atom. The van der Waals surface area contributed by atoms with Gasteiger partial charge < -0.3 is 10.4 Å². The molecule has 1 rings (SSSR count). The van der Waals surface area contributed by atoms with Crippen LogP contribution in [0.5, 0.6) is 0 Å². The van der Waals surface area contributed by atoms with E-state index in [0.717, 1.165) is 10.0 Å². The fourth-order valence-electron chi connectivity index (χ4n) is 1.39. The lowest BCUT2D eigenvalue weighted by atomic mass is 10.1. The molecule has 0 unspecified atom stereocenters. The molecule has 1 atom stereocenters. The van der Waals surface area contributed by atoms with Crippen LogP contribution in [0.2, 0.25) is 0 Å². The van der Waals surface area contributed by atoms with Gasteiger partial charge in [-0.2, -0.15) is 0 Å². The van der Waals surface area contributed by atoms with Crippen LogP contribution in [0.15, 0.2) is 28.7 Å². The lowest BCUT2D eigenvalue weighted by Crippen LogP contribution is -2.44. The summed E-state index contributed by atoms with van der Waals surface area (Å²) >= 11 is 3.31. The number of carboxylic acids is 1. The molecule has 0 aliphatic carbocycles. The molecule has 98 valence electrons. The van der Waals surface area contributed by atoms with E-state index in [9.17, 15) is 9.59 Å². The Hall–Kier alpha value is -1.36. The summed E-state index contributed by atoms with van der Waals surface area (Å²) in [6.45, 7) is 3.46. The second kappa shape index (κ2) is 6.54. The van der Waals surface area contributed by atoms with Gasteiger partial charge in [0.2, 0.25) is 5.91 Å². The molecule has 5 heteroatoms. The second-order valence-corrected chi connectivity index (χ2v) is 5.30. The highest BCUT2D eigenvalue weighted by Gasteiger charge is 2.21. The van der Waals surface area contributed by atoms with E-state index in [-0.39, 0.29) is 18.2 Å². The van der Waals surface area contributed by atoms with Crippen LogP contribution in [0.3, 0.4) is 0 Å². The van der Waals surface area contributed by atoms with Gasteiger partial charge in [0, 0.05) is 16.8 Å². The Labute approximate surface area is 115 Å². The van der Waals surface area contributed by atoms with Gasteiger partial charge in [0.1, 0.15) is 6.04 Å². The van der Waals surface area contributed by atoms with Crippen LogP contribution in [-0.4, -0.2) is 23.0 Å². The Morgan fingerprint density at radius 1 is 1.28 bits per heavy atom. The number of hydrogen-bond donors (Lipinski definition) is 2. The van der Waals surface area contributed by atoms with Crippen LogP contribution in [0.25, 0.3) is 0 Å². The van der Waals surface area contributed by atoms with Gasteiger partial charge >= 0.3 is 5.97 Å². The third kappa shape index (κ3) is 4.49. The van der Waals surface area contributed by atoms with E-state index in [1.807, 2.05) is 24.3 Å². The van der Waals surface area contributed by atoms with Crippen LogP contribution in [0.1, 0.15) is 19.4 Å². The number of nitrogens with one attached hydrogen (secondary N) is 1. The van der Waals surface area contributed by atoms with Crippen LogP contribution >= 0.6 is 15.9 Å². The molecule has 0 radical (unpaired) electrons. The predicted molar refractivity (Wildman–Crippen MR) is 72.3 cm³/mol. The van der Waals surface area contributed by atoms with E-state index >= 15 is 0 Å². The normalized spacial score (nSPS) is 12.2. The summed E-state index contributed by atoms with van der Waals surface area (Å²) in [6.07, 6.45) is 0.279. The minimum Gasteiger partial charge on any atom is -0.480 e. The lowest BCUT2D eigenvalue weighted by molar-refractivity contribution is -0.142. The number of benzene rings is 1. The molecule has 0 bridgehead atoms. The first-order valence-corrected chi connectivity index (χ1v) is 6.47. The highest BCUT2D eigenvalue weighted by Crippen LogP contribution is 2.12. The number of rotatable bonds is 5. The van der Waals surface area contributed by atoms with Crippen molar-refractivity contribution in [3.05, 3.63) is 34.3 Å². The summed E-state index contributed by atoms with van der Waals surface area (Å²) in [7, 11) is 0. The third-order valence-corrected chi connectivity index (χ3v) is 3.02. The number of hydrogen-bond acceptors (Lipinski definition) is 2. The first-order valence-electron chi connectivity index (χ1n) is 5.67. The predicted octanol–water partition coefficient (Wildman–Crippen LogP) is 2.22. The largest absolute Gasteiger partial charge is 0.480 e. The van der Waals surface area contributed by atoms with E-state index in [2.05, 4.69) is 21.2 Å². The van der Waals surface area contributed by atoms with E-state index in [4.69, 9.17) is 5.11 Å². The van der Waals surface area contributed by atoms with Gasteiger partial charge in [-0.1, -0.05) is 41.9 Å². The average Bonchev–Trinajstić information content (AvgIpc) is 2.30. The molecule has 1 amide bonds. The summed E-state index contributed by atoms with van der Waals surface area (Å²) in [5, 5.41) is 11.6. The maximum absolute atomic E-state index is 11.5. The zero-order chi connectivity index (χ0) is 13.7.